The van der Waals surface area contributed by atoms with Gasteiger partial charge in [-0.2, -0.15) is 0 Å². The quantitative estimate of drug-likeness (QED) is 0.566. The van der Waals surface area contributed by atoms with Crippen molar-refractivity contribution >= 4 is 5.78 Å². The zero-order valence-electron chi connectivity index (χ0n) is 7.61. The largest absolute Gasteiger partial charge is 0.299 e. The van der Waals surface area contributed by atoms with Gasteiger partial charge in [-0.15, -0.1) is 0 Å². The lowest BCUT2D eigenvalue weighted by Crippen LogP contribution is -2.21. The number of hydrogen-bond acceptors (Lipinski definition) is 1. The molecule has 0 radical (unpaired) electrons. The fourth-order valence-electron chi connectivity index (χ4n) is 0.764. The molecule has 0 saturated heterocycles. The van der Waals surface area contributed by atoms with Gasteiger partial charge >= 0.3 is 0 Å². The number of ketones is 1. The summed E-state index contributed by atoms with van der Waals surface area (Å²) in [5, 5.41) is 0. The number of Topliss-reactive ketones (excluding diaryl/α,β-unsaturated/α-hetero) is 1. The summed E-state index contributed by atoms with van der Waals surface area (Å²) >= 11 is 0. The summed E-state index contributed by atoms with van der Waals surface area (Å²) in [5.74, 6) is 0.195. The molecule has 0 N–H and O–H groups in total. The second-order valence-corrected chi connectivity index (χ2v) is 3.48. The highest BCUT2D eigenvalue weighted by molar-refractivity contribution is 5.81. The maximum Gasteiger partial charge on any atom is 0.135 e. The molecular formula is C10H16O. The molecule has 0 aromatic carbocycles. The van der Waals surface area contributed by atoms with Gasteiger partial charge in [0, 0.05) is 5.41 Å². The van der Waals surface area contributed by atoms with Crippen LogP contribution in [0.1, 0.15) is 27.2 Å². The Balaban J connectivity index is 4.23. The number of allylic oxidation sites excluding steroid dienone is 2. The molecule has 0 saturated carbocycles. The van der Waals surface area contributed by atoms with Gasteiger partial charge in [0.05, 0.1) is 0 Å². The van der Waals surface area contributed by atoms with Gasteiger partial charge in [-0.25, -0.2) is 0 Å². The van der Waals surface area contributed by atoms with Gasteiger partial charge < -0.3 is 0 Å². The summed E-state index contributed by atoms with van der Waals surface area (Å²) in [6.45, 7) is 12.8. The van der Waals surface area contributed by atoms with Crippen molar-refractivity contribution in [1.29, 1.82) is 0 Å². The molecule has 62 valence electrons. The van der Waals surface area contributed by atoms with Gasteiger partial charge in [-0.3, -0.25) is 4.79 Å². The minimum Gasteiger partial charge on any atom is -0.299 e. The van der Waals surface area contributed by atoms with Crippen molar-refractivity contribution in [2.75, 3.05) is 0 Å². The molecule has 0 rings (SSSR count). The Morgan fingerprint density at radius 3 is 2.27 bits per heavy atom. The highest BCUT2D eigenvalue weighted by Gasteiger charge is 2.23. The lowest BCUT2D eigenvalue weighted by atomic mass is 9.82. The van der Waals surface area contributed by atoms with Crippen LogP contribution in [-0.2, 0) is 4.79 Å². The van der Waals surface area contributed by atoms with E-state index in [2.05, 4.69) is 13.2 Å². The zero-order chi connectivity index (χ0) is 9.07. The van der Waals surface area contributed by atoms with E-state index >= 15 is 0 Å². The smallest absolute Gasteiger partial charge is 0.135 e. The molecule has 0 atom stereocenters. The average Bonchev–Trinajstić information content (AvgIpc) is 1.86. The van der Waals surface area contributed by atoms with Crippen molar-refractivity contribution < 1.29 is 4.79 Å². The molecule has 1 heteroatoms. The normalized spacial score (nSPS) is 10.8. The van der Waals surface area contributed by atoms with Crippen LogP contribution in [0.4, 0.5) is 0 Å². The van der Waals surface area contributed by atoms with Gasteiger partial charge in [0.15, 0.2) is 0 Å². The van der Waals surface area contributed by atoms with Crippen LogP contribution in [-0.4, -0.2) is 5.78 Å². The van der Waals surface area contributed by atoms with Crippen molar-refractivity contribution in [1.82, 2.24) is 0 Å². The van der Waals surface area contributed by atoms with E-state index in [-0.39, 0.29) is 11.2 Å². The molecule has 0 spiro atoms. The van der Waals surface area contributed by atoms with Crippen molar-refractivity contribution in [2.45, 2.75) is 27.2 Å². The Morgan fingerprint density at radius 1 is 1.55 bits per heavy atom. The van der Waals surface area contributed by atoms with E-state index in [0.29, 0.717) is 6.42 Å². The number of carbonyl (C=O) groups is 1. The Morgan fingerprint density at radius 2 is 2.00 bits per heavy atom. The average molecular weight is 152 g/mol. The van der Waals surface area contributed by atoms with Crippen LogP contribution in [0.25, 0.3) is 0 Å². The predicted molar refractivity (Wildman–Crippen MR) is 48.4 cm³/mol. The van der Waals surface area contributed by atoms with Gasteiger partial charge in [0.25, 0.3) is 0 Å². The maximum atomic E-state index is 11.0. The van der Waals surface area contributed by atoms with E-state index in [9.17, 15) is 4.79 Å². The lowest BCUT2D eigenvalue weighted by molar-refractivity contribution is -0.124. The Labute approximate surface area is 68.8 Å². The summed E-state index contributed by atoms with van der Waals surface area (Å²) < 4.78 is 0. The topological polar surface area (TPSA) is 17.1 Å². The zero-order valence-corrected chi connectivity index (χ0v) is 7.61. The van der Waals surface area contributed by atoms with Gasteiger partial charge in [0.1, 0.15) is 5.78 Å². The molecule has 0 aliphatic rings. The molecule has 0 bridgehead atoms. The Bertz CT molecular complexity index is 187. The molecule has 0 heterocycles. The molecule has 11 heavy (non-hydrogen) atoms. The summed E-state index contributed by atoms with van der Waals surface area (Å²) in [7, 11) is 0. The van der Waals surface area contributed by atoms with Crippen LogP contribution < -0.4 is 0 Å². The highest BCUT2D eigenvalue weighted by atomic mass is 16.1. The van der Waals surface area contributed by atoms with E-state index in [1.807, 2.05) is 13.8 Å². The number of hydrogen-bond donors (Lipinski definition) is 0. The second-order valence-electron chi connectivity index (χ2n) is 3.48. The van der Waals surface area contributed by atoms with Gasteiger partial charge in [-0.05, 0) is 13.3 Å². The van der Waals surface area contributed by atoms with Crippen LogP contribution in [0.15, 0.2) is 24.8 Å². The molecule has 0 aliphatic heterocycles. The van der Waals surface area contributed by atoms with E-state index in [1.165, 1.54) is 0 Å². The molecule has 0 amide bonds. The monoisotopic (exact) mass is 152 g/mol. The van der Waals surface area contributed by atoms with Crippen LogP contribution in [0, 0.1) is 5.41 Å². The SMILES string of the molecule is C=CC(=C)CC(C)(C)C(C)=O. The Hall–Kier alpha value is -0.850. The first-order chi connectivity index (χ1) is 4.90. The van der Waals surface area contributed by atoms with Gasteiger partial charge in [-0.1, -0.05) is 38.7 Å². The van der Waals surface area contributed by atoms with Crippen molar-refractivity contribution in [2.24, 2.45) is 5.41 Å². The molecule has 0 aromatic heterocycles. The molecule has 0 aromatic rings. The number of rotatable bonds is 4. The minimum absolute atomic E-state index is 0.195. The fourth-order valence-corrected chi connectivity index (χ4v) is 0.764. The summed E-state index contributed by atoms with van der Waals surface area (Å²) in [5.41, 5.74) is 0.635. The molecule has 1 nitrogen and oxygen atoms in total. The van der Waals surface area contributed by atoms with E-state index in [4.69, 9.17) is 0 Å². The van der Waals surface area contributed by atoms with E-state index in [0.717, 1.165) is 5.57 Å². The van der Waals surface area contributed by atoms with Crippen molar-refractivity contribution in [3.63, 3.8) is 0 Å². The maximum absolute atomic E-state index is 11.0. The summed E-state index contributed by atoms with van der Waals surface area (Å²) in [6.07, 6.45) is 2.40. The molecule has 0 aliphatic carbocycles. The first kappa shape index (κ1) is 10.2. The van der Waals surface area contributed by atoms with Crippen molar-refractivity contribution in [3.05, 3.63) is 24.8 Å². The molecule has 0 unspecified atom stereocenters. The number of carbonyl (C=O) groups excluding carboxylic acids is 1. The summed E-state index contributed by atoms with van der Waals surface area (Å²) in [4.78, 5) is 11.0. The van der Waals surface area contributed by atoms with Crippen LogP contribution in [0.5, 0.6) is 0 Å². The van der Waals surface area contributed by atoms with Crippen LogP contribution in [0.3, 0.4) is 0 Å². The van der Waals surface area contributed by atoms with E-state index < -0.39 is 0 Å². The Kier molecular flexibility index (Phi) is 3.24. The van der Waals surface area contributed by atoms with Crippen LogP contribution in [0.2, 0.25) is 0 Å². The third-order valence-electron chi connectivity index (χ3n) is 1.91. The highest BCUT2D eigenvalue weighted by Crippen LogP contribution is 2.25. The minimum atomic E-state index is -0.286. The standard InChI is InChI=1S/C10H16O/c1-6-8(2)7-10(4,5)9(3)11/h6H,1-2,7H2,3-5H3. The van der Waals surface area contributed by atoms with Gasteiger partial charge in [0.2, 0.25) is 0 Å². The summed E-state index contributed by atoms with van der Waals surface area (Å²) in [6, 6.07) is 0. The van der Waals surface area contributed by atoms with Crippen molar-refractivity contribution in [3.8, 4) is 0 Å². The third-order valence-corrected chi connectivity index (χ3v) is 1.91. The first-order valence-corrected chi connectivity index (χ1v) is 3.71. The fraction of sp³-hybridized carbons (Fsp3) is 0.500. The van der Waals surface area contributed by atoms with E-state index in [1.54, 1.807) is 13.0 Å². The second kappa shape index (κ2) is 3.51. The molecule has 0 fully saturated rings. The lowest BCUT2D eigenvalue weighted by Gasteiger charge is -2.20. The first-order valence-electron chi connectivity index (χ1n) is 3.71. The van der Waals surface area contributed by atoms with Crippen LogP contribution >= 0.6 is 0 Å². The molecular weight excluding hydrogens is 136 g/mol. The predicted octanol–water partition coefficient (Wildman–Crippen LogP) is 2.73. The third kappa shape index (κ3) is 3.17.